The maximum Gasteiger partial charge on any atom is -0.0549 e. The van der Waals surface area contributed by atoms with Gasteiger partial charge in [0, 0.05) is 0 Å². The molecule has 0 aromatic carbocycles. The van der Waals surface area contributed by atoms with E-state index >= 15 is 0 Å². The first kappa shape index (κ1) is 8.99. The average Bonchev–Trinajstić information content (AvgIpc) is 1.41. The van der Waals surface area contributed by atoms with Crippen molar-refractivity contribution in [2.75, 3.05) is 0 Å². The molecule has 0 atom stereocenters. The number of rotatable bonds is 0. The molecule has 0 saturated carbocycles. The molecule has 1 nitrogen and oxygen atoms in total. The van der Waals surface area contributed by atoms with Crippen LogP contribution in [0.15, 0.2) is 25.5 Å². The summed E-state index contributed by atoms with van der Waals surface area (Å²) >= 11 is 0. The third-order valence-corrected chi connectivity index (χ3v) is 0. The predicted octanol–water partition coefficient (Wildman–Crippen LogP) is 0.682. The van der Waals surface area contributed by atoms with Crippen molar-refractivity contribution in [3.63, 3.8) is 0 Å². The van der Waals surface area contributed by atoms with Crippen molar-refractivity contribution < 1.29 is 5.11 Å². The highest BCUT2D eigenvalue weighted by Gasteiger charge is 1.36. The zero-order valence-electron chi connectivity index (χ0n) is 4.03. The molecular weight excluding hydrogens is 76.1 g/mol. The van der Waals surface area contributed by atoms with Crippen LogP contribution in [0.2, 0.25) is 0 Å². The van der Waals surface area contributed by atoms with Gasteiger partial charge < -0.3 is 5.11 Å². The number of hydrogen-bond donors (Lipinski definition) is 0. The Kier molecular flexibility index (Phi) is 13.3. The fraction of sp³-hybridized carbons (Fsp3) is 0.200. The first-order chi connectivity index (χ1) is 2.73. The number of allylic oxidation sites excluding steroid dienone is 1. The molecule has 0 radical (unpaired) electrons. The Morgan fingerprint density at radius 2 is 1.50 bits per heavy atom. The molecule has 0 aliphatic rings. The molecule has 0 aliphatic carbocycles. The van der Waals surface area contributed by atoms with Crippen molar-refractivity contribution in [3.8, 4) is 0 Å². The van der Waals surface area contributed by atoms with Crippen LogP contribution in [-0.2, 0) is 0 Å². The van der Waals surface area contributed by atoms with Crippen molar-refractivity contribution in [2.45, 2.75) is 6.92 Å². The smallest absolute Gasteiger partial charge is 0.0549 e. The fourth-order valence-electron chi connectivity index (χ4n) is 0. The second kappa shape index (κ2) is 8.86. The maximum absolute atomic E-state index is 9.33. The molecule has 0 aliphatic heterocycles. The first-order valence-electron chi connectivity index (χ1n) is 1.56. The fourth-order valence-corrected chi connectivity index (χ4v) is 0. The summed E-state index contributed by atoms with van der Waals surface area (Å²) in [6.07, 6.45) is 0. The number of hydrogen-bond acceptors (Lipinski definition) is 1. The van der Waals surface area contributed by atoms with Gasteiger partial charge >= 0.3 is 0 Å². The summed E-state index contributed by atoms with van der Waals surface area (Å²) in [6, 6.07) is 0. The van der Waals surface area contributed by atoms with Crippen LogP contribution in [0.4, 0.5) is 0 Å². The standard InChI is InChI=1S/C3H6O.C2H4/c1-3(2)4;1-2/h4H,1H2,2H3;1-2H2/p-1. The lowest BCUT2D eigenvalue weighted by atomic mass is 10.7. The largest absolute Gasteiger partial charge is 0.876 e. The summed E-state index contributed by atoms with van der Waals surface area (Å²) in [5.74, 6) is -0.0833. The minimum absolute atomic E-state index is 0.0833. The van der Waals surface area contributed by atoms with Gasteiger partial charge in [-0.15, -0.1) is 25.5 Å². The van der Waals surface area contributed by atoms with Gasteiger partial charge in [0.2, 0.25) is 0 Å². The second-order valence-electron chi connectivity index (χ2n) is 0.702. The van der Waals surface area contributed by atoms with E-state index in [1.807, 2.05) is 0 Å². The molecule has 0 fully saturated rings. The molecule has 1 heteroatoms. The van der Waals surface area contributed by atoms with Gasteiger partial charge in [0.1, 0.15) is 0 Å². The van der Waals surface area contributed by atoms with Crippen molar-refractivity contribution >= 4 is 0 Å². The highest BCUT2D eigenvalue weighted by molar-refractivity contribution is 4.64. The van der Waals surface area contributed by atoms with E-state index in [0.29, 0.717) is 0 Å². The van der Waals surface area contributed by atoms with E-state index in [4.69, 9.17) is 0 Å². The van der Waals surface area contributed by atoms with Gasteiger partial charge in [-0.2, -0.15) is 0 Å². The Morgan fingerprint density at radius 3 is 1.50 bits per heavy atom. The van der Waals surface area contributed by atoms with Crippen molar-refractivity contribution in [1.29, 1.82) is 0 Å². The van der Waals surface area contributed by atoms with Crippen LogP contribution in [-0.4, -0.2) is 0 Å². The molecular formula is C5H9O-. The van der Waals surface area contributed by atoms with Crippen LogP contribution in [0, 0.1) is 0 Å². The molecule has 36 valence electrons. The van der Waals surface area contributed by atoms with Crippen molar-refractivity contribution in [2.24, 2.45) is 0 Å². The van der Waals surface area contributed by atoms with Gasteiger partial charge in [-0.3, -0.25) is 0 Å². The summed E-state index contributed by atoms with van der Waals surface area (Å²) in [4.78, 5) is 0. The third kappa shape index (κ3) is 32.9. The Labute approximate surface area is 38.6 Å². The Morgan fingerprint density at radius 1 is 1.50 bits per heavy atom. The SMILES string of the molecule is C=C.C=C(C)[O-]. The van der Waals surface area contributed by atoms with Gasteiger partial charge in [-0.05, 0) is 0 Å². The molecule has 0 unspecified atom stereocenters. The molecule has 0 spiro atoms. The minimum atomic E-state index is -0.0833. The summed E-state index contributed by atoms with van der Waals surface area (Å²) in [6.45, 7) is 10.4. The van der Waals surface area contributed by atoms with E-state index in [-0.39, 0.29) is 5.76 Å². The molecule has 0 bridgehead atoms. The first-order valence-corrected chi connectivity index (χ1v) is 1.56. The van der Waals surface area contributed by atoms with Crippen LogP contribution >= 0.6 is 0 Å². The molecule has 6 heavy (non-hydrogen) atoms. The molecule has 0 saturated heterocycles. The van der Waals surface area contributed by atoms with Gasteiger partial charge in [-0.25, -0.2) is 0 Å². The molecule has 0 aromatic heterocycles. The highest BCUT2D eigenvalue weighted by Crippen LogP contribution is 1.57. The van der Waals surface area contributed by atoms with Crippen LogP contribution in [0.5, 0.6) is 0 Å². The van der Waals surface area contributed by atoms with Crippen molar-refractivity contribution in [3.05, 3.63) is 25.5 Å². The van der Waals surface area contributed by atoms with E-state index in [1.54, 1.807) is 0 Å². The van der Waals surface area contributed by atoms with E-state index in [2.05, 4.69) is 19.7 Å². The molecule has 0 N–H and O–H groups in total. The monoisotopic (exact) mass is 85.1 g/mol. The second-order valence-corrected chi connectivity index (χ2v) is 0.702. The minimum Gasteiger partial charge on any atom is -0.876 e. The summed E-state index contributed by atoms with van der Waals surface area (Å²) in [5, 5.41) is 9.33. The maximum atomic E-state index is 9.33. The Bertz CT molecular complexity index is 35.2. The van der Waals surface area contributed by atoms with Gasteiger partial charge in [0.25, 0.3) is 0 Å². The molecule has 0 rings (SSSR count). The van der Waals surface area contributed by atoms with Crippen LogP contribution in [0.25, 0.3) is 0 Å². The Hall–Kier alpha value is -0.720. The van der Waals surface area contributed by atoms with Crippen LogP contribution in [0.1, 0.15) is 6.92 Å². The van der Waals surface area contributed by atoms with Gasteiger partial charge in [0.15, 0.2) is 0 Å². The van der Waals surface area contributed by atoms with Crippen LogP contribution < -0.4 is 5.11 Å². The van der Waals surface area contributed by atoms with Crippen molar-refractivity contribution in [1.82, 2.24) is 0 Å². The zero-order valence-corrected chi connectivity index (χ0v) is 4.03. The van der Waals surface area contributed by atoms with Crippen LogP contribution in [0.3, 0.4) is 0 Å². The molecule has 0 aromatic rings. The van der Waals surface area contributed by atoms with E-state index < -0.39 is 0 Å². The summed E-state index contributed by atoms with van der Waals surface area (Å²) < 4.78 is 0. The summed E-state index contributed by atoms with van der Waals surface area (Å²) in [7, 11) is 0. The summed E-state index contributed by atoms with van der Waals surface area (Å²) in [5.41, 5.74) is 0. The van der Waals surface area contributed by atoms with Gasteiger partial charge in [-0.1, -0.05) is 6.92 Å². The van der Waals surface area contributed by atoms with E-state index in [1.165, 1.54) is 6.92 Å². The van der Waals surface area contributed by atoms with Gasteiger partial charge in [0.05, 0.1) is 0 Å². The third-order valence-electron chi connectivity index (χ3n) is 0. The zero-order chi connectivity index (χ0) is 5.58. The lowest BCUT2D eigenvalue weighted by molar-refractivity contribution is -0.300. The highest BCUT2D eigenvalue weighted by atomic mass is 16.3. The topological polar surface area (TPSA) is 23.1 Å². The van der Waals surface area contributed by atoms with E-state index in [9.17, 15) is 5.11 Å². The predicted molar refractivity (Wildman–Crippen MR) is 26.1 cm³/mol. The molecule has 0 heterocycles. The van der Waals surface area contributed by atoms with E-state index in [0.717, 1.165) is 0 Å². The quantitative estimate of drug-likeness (QED) is 0.313. The average molecular weight is 85.1 g/mol. The lowest BCUT2D eigenvalue weighted by Crippen LogP contribution is -1.92. The molecule has 0 amide bonds. The Balaban J connectivity index is 0. The normalized spacial score (nSPS) is 4.83. The lowest BCUT2D eigenvalue weighted by Gasteiger charge is -1.92.